The van der Waals surface area contributed by atoms with Gasteiger partial charge in [-0.2, -0.15) is 0 Å². The fourth-order valence-electron chi connectivity index (χ4n) is 3.92. The van der Waals surface area contributed by atoms with Crippen LogP contribution in [-0.2, 0) is 16.0 Å². The van der Waals surface area contributed by atoms with Gasteiger partial charge in [0.05, 0.1) is 17.9 Å². The number of aryl methyl sites for hydroxylation is 1. The highest BCUT2D eigenvalue weighted by Crippen LogP contribution is 2.33. The van der Waals surface area contributed by atoms with E-state index in [0.717, 1.165) is 32.1 Å². The van der Waals surface area contributed by atoms with E-state index in [4.69, 9.17) is 0 Å². The van der Waals surface area contributed by atoms with Gasteiger partial charge in [0.2, 0.25) is 5.91 Å². The van der Waals surface area contributed by atoms with Crippen LogP contribution in [0.5, 0.6) is 0 Å². The van der Waals surface area contributed by atoms with E-state index in [0.29, 0.717) is 12.8 Å². The number of carbonyl (C=O) groups excluding carboxylic acids is 1. The van der Waals surface area contributed by atoms with Crippen molar-refractivity contribution in [3.8, 4) is 0 Å². The van der Waals surface area contributed by atoms with E-state index in [1.807, 2.05) is 12.1 Å². The SMILES string of the molecule is O=C(O)[C@H]1CCCC[C@H]1C(=O)N[C@@H]1CCCc2ccccc21. The second kappa shape index (κ2) is 6.51. The lowest BCUT2D eigenvalue weighted by atomic mass is 9.78. The van der Waals surface area contributed by atoms with Crippen molar-refractivity contribution in [2.45, 2.75) is 51.0 Å². The minimum absolute atomic E-state index is 0.0359. The first-order valence-corrected chi connectivity index (χ1v) is 8.28. The van der Waals surface area contributed by atoms with Gasteiger partial charge in [-0.3, -0.25) is 9.59 Å². The lowest BCUT2D eigenvalue weighted by molar-refractivity contribution is -0.149. The molecule has 1 aromatic carbocycles. The molecule has 4 nitrogen and oxygen atoms in total. The molecule has 3 rings (SSSR count). The number of aliphatic carboxylic acids is 1. The monoisotopic (exact) mass is 301 g/mol. The van der Waals surface area contributed by atoms with Crippen LogP contribution in [0.3, 0.4) is 0 Å². The third-order valence-corrected chi connectivity index (χ3v) is 5.11. The maximum absolute atomic E-state index is 12.6. The van der Waals surface area contributed by atoms with Crippen molar-refractivity contribution in [1.82, 2.24) is 5.32 Å². The third kappa shape index (κ3) is 3.01. The molecule has 0 unspecified atom stereocenters. The topological polar surface area (TPSA) is 66.4 Å². The molecule has 0 saturated heterocycles. The number of fused-ring (bicyclic) bond motifs is 1. The number of hydrogen-bond acceptors (Lipinski definition) is 2. The number of carboxylic acids is 1. The summed E-state index contributed by atoms with van der Waals surface area (Å²) in [5, 5.41) is 12.5. The first-order valence-electron chi connectivity index (χ1n) is 8.28. The Bertz CT molecular complexity index is 569. The lowest BCUT2D eigenvalue weighted by Crippen LogP contribution is -2.41. The standard InChI is InChI=1S/C18H23NO3/c20-17(14-9-3-4-10-15(14)18(21)22)19-16-11-5-7-12-6-1-2-8-13(12)16/h1-2,6,8,14-16H,3-5,7,9-11H2,(H,19,20)(H,21,22)/t14-,15+,16-/m1/s1. The summed E-state index contributed by atoms with van der Waals surface area (Å²) in [5.74, 6) is -1.80. The number of amides is 1. The Balaban J connectivity index is 1.73. The summed E-state index contributed by atoms with van der Waals surface area (Å²) < 4.78 is 0. The van der Waals surface area contributed by atoms with E-state index >= 15 is 0 Å². The van der Waals surface area contributed by atoms with E-state index in [1.165, 1.54) is 11.1 Å². The summed E-state index contributed by atoms with van der Waals surface area (Å²) in [6.45, 7) is 0. The number of benzene rings is 1. The van der Waals surface area contributed by atoms with Crippen molar-refractivity contribution in [2.75, 3.05) is 0 Å². The minimum Gasteiger partial charge on any atom is -0.481 e. The first-order chi connectivity index (χ1) is 10.7. The van der Waals surface area contributed by atoms with Crippen molar-refractivity contribution in [1.29, 1.82) is 0 Å². The molecule has 0 aromatic heterocycles. The van der Waals surface area contributed by atoms with Crippen LogP contribution in [-0.4, -0.2) is 17.0 Å². The largest absolute Gasteiger partial charge is 0.481 e. The van der Waals surface area contributed by atoms with Gasteiger partial charge in [0, 0.05) is 0 Å². The number of nitrogens with one attached hydrogen (secondary N) is 1. The van der Waals surface area contributed by atoms with Crippen LogP contribution in [0.2, 0.25) is 0 Å². The normalized spacial score (nSPS) is 27.7. The van der Waals surface area contributed by atoms with Crippen LogP contribution in [0.1, 0.15) is 55.7 Å². The van der Waals surface area contributed by atoms with Crippen molar-refractivity contribution >= 4 is 11.9 Å². The van der Waals surface area contributed by atoms with Gasteiger partial charge < -0.3 is 10.4 Å². The molecule has 118 valence electrons. The zero-order valence-electron chi connectivity index (χ0n) is 12.8. The molecule has 1 fully saturated rings. The zero-order valence-corrected chi connectivity index (χ0v) is 12.8. The summed E-state index contributed by atoms with van der Waals surface area (Å²) in [4.78, 5) is 24.0. The van der Waals surface area contributed by atoms with Gasteiger partial charge in [0.25, 0.3) is 0 Å². The van der Waals surface area contributed by atoms with Gasteiger partial charge >= 0.3 is 5.97 Å². The van der Waals surface area contributed by atoms with Crippen LogP contribution in [0.4, 0.5) is 0 Å². The summed E-state index contributed by atoms with van der Waals surface area (Å²) in [5.41, 5.74) is 2.50. The molecule has 0 aliphatic heterocycles. The smallest absolute Gasteiger partial charge is 0.307 e. The van der Waals surface area contributed by atoms with Crippen LogP contribution in [0, 0.1) is 11.8 Å². The van der Waals surface area contributed by atoms with Crippen LogP contribution >= 0.6 is 0 Å². The van der Waals surface area contributed by atoms with Gasteiger partial charge in [0.1, 0.15) is 0 Å². The Morgan fingerprint density at radius 1 is 1.00 bits per heavy atom. The molecule has 2 N–H and O–H groups in total. The first kappa shape index (κ1) is 15.1. The molecule has 1 saturated carbocycles. The second-order valence-electron chi connectivity index (χ2n) is 6.49. The van der Waals surface area contributed by atoms with E-state index in [9.17, 15) is 14.7 Å². The highest BCUT2D eigenvalue weighted by Gasteiger charge is 2.36. The summed E-state index contributed by atoms with van der Waals surface area (Å²) in [6.07, 6.45) is 6.23. The molecule has 0 heterocycles. The predicted octanol–water partition coefficient (Wildman–Crippen LogP) is 3.07. The lowest BCUT2D eigenvalue weighted by Gasteiger charge is -2.31. The molecular weight excluding hydrogens is 278 g/mol. The van der Waals surface area contributed by atoms with Gasteiger partial charge in [-0.15, -0.1) is 0 Å². The molecule has 4 heteroatoms. The van der Waals surface area contributed by atoms with Crippen molar-refractivity contribution < 1.29 is 14.7 Å². The van der Waals surface area contributed by atoms with E-state index in [2.05, 4.69) is 17.4 Å². The van der Waals surface area contributed by atoms with Gasteiger partial charge in [0.15, 0.2) is 0 Å². The molecular formula is C18H23NO3. The molecule has 0 radical (unpaired) electrons. The third-order valence-electron chi connectivity index (χ3n) is 5.11. The van der Waals surface area contributed by atoms with Gasteiger partial charge in [-0.05, 0) is 43.2 Å². The quantitative estimate of drug-likeness (QED) is 0.901. The Kier molecular flexibility index (Phi) is 4.46. The summed E-state index contributed by atoms with van der Waals surface area (Å²) in [7, 11) is 0. The average Bonchev–Trinajstić information content (AvgIpc) is 2.55. The van der Waals surface area contributed by atoms with E-state index in [-0.39, 0.29) is 17.9 Å². The van der Waals surface area contributed by atoms with Crippen molar-refractivity contribution in [3.05, 3.63) is 35.4 Å². The molecule has 1 aromatic rings. The van der Waals surface area contributed by atoms with Gasteiger partial charge in [-0.25, -0.2) is 0 Å². The Morgan fingerprint density at radius 3 is 2.50 bits per heavy atom. The number of hydrogen-bond donors (Lipinski definition) is 2. The molecule has 1 amide bonds. The van der Waals surface area contributed by atoms with Crippen LogP contribution in [0.15, 0.2) is 24.3 Å². The highest BCUT2D eigenvalue weighted by molar-refractivity contribution is 5.85. The van der Waals surface area contributed by atoms with E-state index < -0.39 is 11.9 Å². The maximum atomic E-state index is 12.6. The number of rotatable bonds is 3. The predicted molar refractivity (Wildman–Crippen MR) is 83.3 cm³/mol. The fourth-order valence-corrected chi connectivity index (χ4v) is 3.92. The van der Waals surface area contributed by atoms with E-state index in [1.54, 1.807) is 0 Å². The molecule has 0 spiro atoms. The Hall–Kier alpha value is -1.84. The minimum atomic E-state index is -0.830. The average molecular weight is 301 g/mol. The molecule has 2 aliphatic rings. The van der Waals surface area contributed by atoms with Crippen LogP contribution < -0.4 is 5.32 Å². The Labute approximate surface area is 130 Å². The number of carbonyl (C=O) groups is 2. The molecule has 0 bridgehead atoms. The molecule has 22 heavy (non-hydrogen) atoms. The Morgan fingerprint density at radius 2 is 1.73 bits per heavy atom. The fraction of sp³-hybridized carbons (Fsp3) is 0.556. The van der Waals surface area contributed by atoms with Gasteiger partial charge in [-0.1, -0.05) is 37.1 Å². The summed E-state index contributed by atoms with van der Waals surface area (Å²) in [6, 6.07) is 8.27. The summed E-state index contributed by atoms with van der Waals surface area (Å²) >= 11 is 0. The van der Waals surface area contributed by atoms with Crippen molar-refractivity contribution in [3.63, 3.8) is 0 Å². The maximum Gasteiger partial charge on any atom is 0.307 e. The number of carboxylic acid groups (broad SMARTS) is 1. The van der Waals surface area contributed by atoms with Crippen LogP contribution in [0.25, 0.3) is 0 Å². The zero-order chi connectivity index (χ0) is 15.5. The molecule has 3 atom stereocenters. The highest BCUT2D eigenvalue weighted by atomic mass is 16.4. The molecule has 2 aliphatic carbocycles. The van der Waals surface area contributed by atoms with Crippen molar-refractivity contribution in [2.24, 2.45) is 11.8 Å². The second-order valence-corrected chi connectivity index (χ2v) is 6.49.